The van der Waals surface area contributed by atoms with Crippen molar-refractivity contribution in [2.75, 3.05) is 31.6 Å². The molecule has 0 spiro atoms. The number of likely N-dealkylation sites (tertiary alicyclic amines) is 1. The van der Waals surface area contributed by atoms with Crippen molar-refractivity contribution in [3.63, 3.8) is 0 Å². The summed E-state index contributed by atoms with van der Waals surface area (Å²) in [6.45, 7) is 4.32. The van der Waals surface area contributed by atoms with Gasteiger partial charge in [-0.05, 0) is 37.4 Å². The zero-order chi connectivity index (χ0) is 19.2. The first-order valence-corrected chi connectivity index (χ1v) is 10.0. The molecule has 1 aliphatic heterocycles. The Balaban J connectivity index is 1.32. The van der Waals surface area contributed by atoms with E-state index in [9.17, 15) is 0 Å². The SMILES string of the molecule is CN(CC1CCN(Cc2ccccc2)CC1)c1nncc(-c2ccccc2)n1. The van der Waals surface area contributed by atoms with Crippen LogP contribution in [0.3, 0.4) is 0 Å². The minimum absolute atomic E-state index is 0.668. The Morgan fingerprint density at radius 1 is 0.964 bits per heavy atom. The molecule has 4 rings (SSSR count). The topological polar surface area (TPSA) is 45.2 Å². The summed E-state index contributed by atoms with van der Waals surface area (Å²) in [6.07, 6.45) is 4.15. The second kappa shape index (κ2) is 8.93. The summed E-state index contributed by atoms with van der Waals surface area (Å²) in [7, 11) is 2.07. The van der Waals surface area contributed by atoms with Crippen LogP contribution in [0.4, 0.5) is 5.95 Å². The quantitative estimate of drug-likeness (QED) is 0.656. The van der Waals surface area contributed by atoms with Crippen LogP contribution < -0.4 is 4.90 Å². The molecule has 0 bridgehead atoms. The van der Waals surface area contributed by atoms with Gasteiger partial charge in [-0.3, -0.25) is 4.90 Å². The predicted molar refractivity (Wildman–Crippen MR) is 113 cm³/mol. The van der Waals surface area contributed by atoms with Gasteiger partial charge in [-0.25, -0.2) is 4.98 Å². The lowest BCUT2D eigenvalue weighted by atomic mass is 9.96. The number of benzene rings is 2. The molecule has 0 N–H and O–H groups in total. The van der Waals surface area contributed by atoms with E-state index in [4.69, 9.17) is 4.98 Å². The molecular formula is C23H27N5. The van der Waals surface area contributed by atoms with Crippen LogP contribution in [0.1, 0.15) is 18.4 Å². The Labute approximate surface area is 167 Å². The average molecular weight is 374 g/mol. The predicted octanol–water partition coefficient (Wildman–Crippen LogP) is 3.89. The van der Waals surface area contributed by atoms with Gasteiger partial charge >= 0.3 is 0 Å². The summed E-state index contributed by atoms with van der Waals surface area (Å²) < 4.78 is 0. The maximum atomic E-state index is 4.72. The van der Waals surface area contributed by atoms with E-state index in [1.54, 1.807) is 6.20 Å². The third kappa shape index (κ3) is 4.73. The van der Waals surface area contributed by atoms with Gasteiger partial charge in [0.25, 0.3) is 0 Å². The Hall–Kier alpha value is -2.79. The zero-order valence-electron chi connectivity index (χ0n) is 16.4. The van der Waals surface area contributed by atoms with Crippen LogP contribution in [0.2, 0.25) is 0 Å². The van der Waals surface area contributed by atoms with Crippen LogP contribution in [-0.2, 0) is 6.54 Å². The number of aromatic nitrogens is 3. The zero-order valence-corrected chi connectivity index (χ0v) is 16.4. The second-order valence-corrected chi connectivity index (χ2v) is 7.59. The number of hydrogen-bond acceptors (Lipinski definition) is 5. The van der Waals surface area contributed by atoms with E-state index >= 15 is 0 Å². The Morgan fingerprint density at radius 3 is 2.36 bits per heavy atom. The van der Waals surface area contributed by atoms with Gasteiger partial charge in [-0.15, -0.1) is 5.10 Å². The first kappa shape index (κ1) is 18.6. The lowest BCUT2D eigenvalue weighted by molar-refractivity contribution is 0.179. The summed E-state index contributed by atoms with van der Waals surface area (Å²) in [5.41, 5.74) is 3.34. The molecule has 0 radical (unpaired) electrons. The van der Waals surface area contributed by atoms with E-state index in [0.717, 1.165) is 37.4 Å². The van der Waals surface area contributed by atoms with E-state index in [-0.39, 0.29) is 0 Å². The lowest BCUT2D eigenvalue weighted by Gasteiger charge is -2.33. The Kier molecular flexibility index (Phi) is 5.92. The van der Waals surface area contributed by atoms with Gasteiger partial charge in [0.2, 0.25) is 5.95 Å². The highest BCUT2D eigenvalue weighted by Crippen LogP contribution is 2.22. The van der Waals surface area contributed by atoms with Crippen molar-refractivity contribution < 1.29 is 0 Å². The third-order valence-corrected chi connectivity index (χ3v) is 5.45. The van der Waals surface area contributed by atoms with Crippen molar-refractivity contribution in [3.8, 4) is 11.3 Å². The molecule has 0 amide bonds. The number of nitrogens with zero attached hydrogens (tertiary/aromatic N) is 5. The normalized spacial score (nSPS) is 15.5. The molecule has 144 valence electrons. The first-order valence-electron chi connectivity index (χ1n) is 10.0. The van der Waals surface area contributed by atoms with Crippen molar-refractivity contribution in [1.82, 2.24) is 20.1 Å². The van der Waals surface area contributed by atoms with Gasteiger partial charge < -0.3 is 4.90 Å². The average Bonchev–Trinajstić information content (AvgIpc) is 2.76. The van der Waals surface area contributed by atoms with E-state index in [0.29, 0.717) is 11.9 Å². The van der Waals surface area contributed by atoms with Crippen LogP contribution in [0.5, 0.6) is 0 Å². The highest BCUT2D eigenvalue weighted by Gasteiger charge is 2.21. The molecule has 0 unspecified atom stereocenters. The van der Waals surface area contributed by atoms with Crippen LogP contribution in [-0.4, -0.2) is 46.8 Å². The smallest absolute Gasteiger partial charge is 0.245 e. The highest BCUT2D eigenvalue weighted by atomic mass is 15.3. The van der Waals surface area contributed by atoms with Gasteiger partial charge in [-0.1, -0.05) is 60.7 Å². The number of piperidine rings is 1. The number of rotatable bonds is 6. The summed E-state index contributed by atoms with van der Waals surface area (Å²) in [5, 5.41) is 8.43. The largest absolute Gasteiger partial charge is 0.342 e. The van der Waals surface area contributed by atoms with E-state index in [2.05, 4.69) is 69.5 Å². The molecule has 1 aliphatic rings. The highest BCUT2D eigenvalue weighted by molar-refractivity contribution is 5.58. The molecule has 1 saturated heterocycles. The van der Waals surface area contributed by atoms with E-state index in [1.807, 2.05) is 18.2 Å². The molecule has 2 heterocycles. The summed E-state index contributed by atoms with van der Waals surface area (Å²) in [5.74, 6) is 1.37. The molecule has 5 heteroatoms. The molecule has 2 aromatic carbocycles. The Bertz CT molecular complexity index is 860. The molecule has 0 aliphatic carbocycles. The van der Waals surface area contributed by atoms with Gasteiger partial charge in [0, 0.05) is 25.7 Å². The molecular weight excluding hydrogens is 346 g/mol. The van der Waals surface area contributed by atoms with E-state index in [1.165, 1.54) is 18.4 Å². The minimum Gasteiger partial charge on any atom is -0.342 e. The molecule has 3 aromatic rings. The van der Waals surface area contributed by atoms with Gasteiger partial charge in [0.15, 0.2) is 0 Å². The fraction of sp³-hybridized carbons (Fsp3) is 0.348. The van der Waals surface area contributed by atoms with Gasteiger partial charge in [0.1, 0.15) is 0 Å². The summed E-state index contributed by atoms with van der Waals surface area (Å²) in [6, 6.07) is 20.9. The van der Waals surface area contributed by atoms with Crippen LogP contribution in [0.25, 0.3) is 11.3 Å². The second-order valence-electron chi connectivity index (χ2n) is 7.59. The third-order valence-electron chi connectivity index (χ3n) is 5.45. The van der Waals surface area contributed by atoms with Crippen molar-refractivity contribution in [3.05, 3.63) is 72.4 Å². The first-order chi connectivity index (χ1) is 13.8. The standard InChI is InChI=1S/C23H27N5/c1-27(23-25-22(16-24-26-23)21-10-6-3-7-11-21)17-20-12-14-28(15-13-20)18-19-8-4-2-5-9-19/h2-11,16,20H,12-15,17-18H2,1H3. The minimum atomic E-state index is 0.668. The van der Waals surface area contributed by atoms with Gasteiger partial charge in [0.05, 0.1) is 11.9 Å². The number of anilines is 1. The van der Waals surface area contributed by atoms with Crippen LogP contribution >= 0.6 is 0 Å². The Morgan fingerprint density at radius 2 is 1.64 bits per heavy atom. The van der Waals surface area contributed by atoms with Crippen molar-refractivity contribution in [1.29, 1.82) is 0 Å². The lowest BCUT2D eigenvalue weighted by Crippen LogP contribution is -2.37. The van der Waals surface area contributed by atoms with Crippen molar-refractivity contribution in [2.24, 2.45) is 5.92 Å². The fourth-order valence-electron chi connectivity index (χ4n) is 3.84. The monoisotopic (exact) mass is 373 g/mol. The maximum Gasteiger partial charge on any atom is 0.245 e. The van der Waals surface area contributed by atoms with Crippen molar-refractivity contribution >= 4 is 5.95 Å². The van der Waals surface area contributed by atoms with Crippen LogP contribution in [0.15, 0.2) is 66.9 Å². The van der Waals surface area contributed by atoms with Gasteiger partial charge in [-0.2, -0.15) is 5.10 Å². The summed E-state index contributed by atoms with van der Waals surface area (Å²) in [4.78, 5) is 9.43. The van der Waals surface area contributed by atoms with Crippen molar-refractivity contribution in [2.45, 2.75) is 19.4 Å². The van der Waals surface area contributed by atoms with E-state index < -0.39 is 0 Å². The molecule has 0 saturated carbocycles. The van der Waals surface area contributed by atoms with Crippen LogP contribution in [0, 0.1) is 5.92 Å². The number of hydrogen-bond donors (Lipinski definition) is 0. The fourth-order valence-corrected chi connectivity index (χ4v) is 3.84. The molecule has 0 atom stereocenters. The summed E-state index contributed by atoms with van der Waals surface area (Å²) >= 11 is 0. The molecule has 28 heavy (non-hydrogen) atoms. The molecule has 1 aromatic heterocycles. The maximum absolute atomic E-state index is 4.72. The molecule has 5 nitrogen and oxygen atoms in total. The molecule has 1 fully saturated rings.